The van der Waals surface area contributed by atoms with Gasteiger partial charge >= 0.3 is 0 Å². The zero-order chi connectivity index (χ0) is 27.7. The number of benzene rings is 1. The lowest BCUT2D eigenvalue weighted by Crippen LogP contribution is -2.39. The van der Waals surface area contributed by atoms with Gasteiger partial charge in [-0.3, -0.25) is 4.79 Å². The average molecular weight is 543 g/mol. The molecular weight excluding hydrogens is 508 g/mol. The Labute approximate surface area is 233 Å². The van der Waals surface area contributed by atoms with Crippen LogP contribution in [0.4, 0.5) is 5.82 Å². The minimum Gasteiger partial charge on any atom is -0.490 e. The fourth-order valence-corrected chi connectivity index (χ4v) is 5.42. The summed E-state index contributed by atoms with van der Waals surface area (Å²) >= 11 is 0. The van der Waals surface area contributed by atoms with Crippen LogP contribution >= 0.6 is 0 Å². The molecule has 0 bridgehead atoms. The summed E-state index contributed by atoms with van der Waals surface area (Å²) in [5.41, 5.74) is 3.93. The molecule has 1 amide bonds. The highest BCUT2D eigenvalue weighted by molar-refractivity contribution is 5.98. The maximum absolute atomic E-state index is 11.7. The smallest absolute Gasteiger partial charge is 0.222 e. The third kappa shape index (κ3) is 5.32. The molecule has 1 N–H and O–H groups in total. The first-order valence-corrected chi connectivity index (χ1v) is 13.6. The van der Waals surface area contributed by atoms with Crippen LogP contribution in [0, 0.1) is 0 Å². The van der Waals surface area contributed by atoms with E-state index in [1.807, 2.05) is 54.2 Å². The number of anilines is 1. The fourth-order valence-electron chi connectivity index (χ4n) is 5.42. The van der Waals surface area contributed by atoms with Gasteiger partial charge in [0.25, 0.3) is 0 Å². The van der Waals surface area contributed by atoms with Crippen molar-refractivity contribution in [3.63, 3.8) is 0 Å². The number of methoxy groups -OCH3 is 1. The summed E-state index contributed by atoms with van der Waals surface area (Å²) in [5, 5.41) is 3.72. The second-order valence-electron chi connectivity index (χ2n) is 10.6. The Balaban J connectivity index is 1.29. The molecule has 1 atom stereocenters. The van der Waals surface area contributed by atoms with Gasteiger partial charge in [0.2, 0.25) is 5.91 Å². The first-order valence-electron chi connectivity index (χ1n) is 13.6. The number of rotatable bonds is 9. The van der Waals surface area contributed by atoms with Crippen molar-refractivity contribution in [2.75, 3.05) is 25.6 Å². The van der Waals surface area contributed by atoms with E-state index in [2.05, 4.69) is 22.4 Å². The zero-order valence-corrected chi connectivity index (χ0v) is 23.1. The molecular formula is C31H34N4O5. The van der Waals surface area contributed by atoms with Crippen molar-refractivity contribution in [2.24, 2.45) is 7.05 Å². The van der Waals surface area contributed by atoms with Gasteiger partial charge in [-0.25, -0.2) is 9.97 Å². The van der Waals surface area contributed by atoms with Gasteiger partial charge in [0.1, 0.15) is 23.3 Å². The maximum Gasteiger partial charge on any atom is 0.222 e. The van der Waals surface area contributed by atoms with Gasteiger partial charge in [0.05, 0.1) is 42.4 Å². The van der Waals surface area contributed by atoms with Crippen molar-refractivity contribution in [3.8, 4) is 17.0 Å². The highest BCUT2D eigenvalue weighted by Gasteiger charge is 2.39. The molecule has 1 saturated carbocycles. The van der Waals surface area contributed by atoms with Crippen LogP contribution in [-0.2, 0) is 38.3 Å². The van der Waals surface area contributed by atoms with Crippen LogP contribution in [0.25, 0.3) is 22.2 Å². The van der Waals surface area contributed by atoms with E-state index in [0.717, 1.165) is 46.4 Å². The van der Waals surface area contributed by atoms with Crippen LogP contribution in [0.15, 0.2) is 60.9 Å². The molecule has 1 aromatic carbocycles. The molecule has 40 heavy (non-hydrogen) atoms. The topological polar surface area (TPSA) is 96.7 Å². The number of hydrogen-bond acceptors (Lipinski definition) is 7. The predicted octanol–water partition coefficient (Wildman–Crippen LogP) is 4.98. The summed E-state index contributed by atoms with van der Waals surface area (Å²) in [6, 6.07) is 16.1. The summed E-state index contributed by atoms with van der Waals surface area (Å²) in [6.07, 6.45) is 6.40. The molecule has 9 heteroatoms. The van der Waals surface area contributed by atoms with Crippen molar-refractivity contribution >= 4 is 22.6 Å². The minimum absolute atomic E-state index is 0.0604. The van der Waals surface area contributed by atoms with Gasteiger partial charge in [-0.15, -0.1) is 0 Å². The van der Waals surface area contributed by atoms with Crippen molar-refractivity contribution in [1.29, 1.82) is 0 Å². The molecule has 9 nitrogen and oxygen atoms in total. The van der Waals surface area contributed by atoms with Gasteiger partial charge < -0.3 is 28.8 Å². The van der Waals surface area contributed by atoms with E-state index >= 15 is 0 Å². The van der Waals surface area contributed by atoms with Crippen LogP contribution in [0.2, 0.25) is 0 Å². The number of hydrogen-bond donors (Lipinski definition) is 1. The summed E-state index contributed by atoms with van der Waals surface area (Å²) in [5.74, 6) is 1.06. The van der Waals surface area contributed by atoms with E-state index < -0.39 is 5.60 Å². The van der Waals surface area contributed by atoms with E-state index in [4.69, 9.17) is 23.9 Å². The molecule has 0 radical (unpaired) electrons. The molecule has 0 unspecified atom stereocenters. The van der Waals surface area contributed by atoms with Crippen LogP contribution < -0.4 is 10.1 Å². The molecule has 4 aromatic rings. The van der Waals surface area contributed by atoms with E-state index in [9.17, 15) is 4.79 Å². The lowest BCUT2D eigenvalue weighted by Gasteiger charge is -2.35. The standard InChI is InChI=1S/C31H34N4O5/c1-20(36)33-30-15-25-26(17-35(2)28(25)16-32-30)27-13-24(14-29(34-27)31(37-3)9-10-38-19-31)40-23-11-22(12-23)39-18-21-7-5-4-6-8-21/h4-8,13-17,22-23H,9-12,18-19H2,1-3H3,(H,32,33,36)/t22-,23-,31-/m1/s1. The first-order chi connectivity index (χ1) is 19.4. The lowest BCUT2D eigenvalue weighted by atomic mass is 9.91. The quantitative estimate of drug-likeness (QED) is 0.319. The Bertz CT molecular complexity index is 1510. The number of aromatic nitrogens is 3. The fraction of sp³-hybridized carbons (Fsp3) is 0.387. The molecule has 208 valence electrons. The zero-order valence-electron chi connectivity index (χ0n) is 23.1. The molecule has 6 rings (SSSR count). The summed E-state index contributed by atoms with van der Waals surface area (Å²) in [4.78, 5) is 21.1. The minimum atomic E-state index is -0.636. The number of amides is 1. The summed E-state index contributed by atoms with van der Waals surface area (Å²) in [7, 11) is 3.67. The number of nitrogens with zero attached hydrogens (tertiary/aromatic N) is 3. The number of carbonyl (C=O) groups is 1. The second kappa shape index (κ2) is 11.0. The van der Waals surface area contributed by atoms with E-state index in [1.54, 1.807) is 13.3 Å². The summed E-state index contributed by atoms with van der Waals surface area (Å²) < 4.78 is 26.3. The largest absolute Gasteiger partial charge is 0.490 e. The van der Waals surface area contributed by atoms with Crippen LogP contribution in [-0.4, -0.2) is 53.0 Å². The monoisotopic (exact) mass is 542 g/mol. The number of ether oxygens (including phenoxy) is 4. The average Bonchev–Trinajstić information content (AvgIpc) is 3.55. The molecule has 0 spiro atoms. The second-order valence-corrected chi connectivity index (χ2v) is 10.6. The van der Waals surface area contributed by atoms with Crippen LogP contribution in [0.5, 0.6) is 5.75 Å². The van der Waals surface area contributed by atoms with E-state index in [-0.39, 0.29) is 18.1 Å². The number of aryl methyl sites for hydroxylation is 1. The van der Waals surface area contributed by atoms with Gasteiger partial charge in [0, 0.05) is 76.2 Å². The van der Waals surface area contributed by atoms with Gasteiger partial charge in [0.15, 0.2) is 0 Å². The van der Waals surface area contributed by atoms with Gasteiger partial charge in [-0.05, 0) is 11.6 Å². The first kappa shape index (κ1) is 26.4. The van der Waals surface area contributed by atoms with Gasteiger partial charge in [-0.1, -0.05) is 30.3 Å². The van der Waals surface area contributed by atoms with Crippen molar-refractivity contribution < 1.29 is 23.7 Å². The third-order valence-corrected chi connectivity index (χ3v) is 7.78. The van der Waals surface area contributed by atoms with Crippen molar-refractivity contribution in [2.45, 2.75) is 50.6 Å². The Morgan fingerprint density at radius 1 is 1.18 bits per heavy atom. The van der Waals surface area contributed by atoms with Crippen molar-refractivity contribution in [3.05, 3.63) is 72.2 Å². The van der Waals surface area contributed by atoms with Crippen LogP contribution in [0.1, 0.15) is 37.4 Å². The Hall–Kier alpha value is -3.79. The number of pyridine rings is 2. The summed E-state index contributed by atoms with van der Waals surface area (Å²) in [6.45, 7) is 3.12. The molecule has 4 heterocycles. The van der Waals surface area contributed by atoms with Gasteiger partial charge in [-0.2, -0.15) is 0 Å². The molecule has 2 aliphatic rings. The SMILES string of the molecule is CO[C@]1(c2cc(O[C@H]3C[C@H](OCc4ccccc4)C3)cc(-c3cn(C)c4cnc(NC(C)=O)cc34)n2)CCOC1. The molecule has 1 saturated heterocycles. The number of nitrogens with one attached hydrogen (secondary N) is 1. The normalized spacial score (nSPS) is 22.3. The van der Waals surface area contributed by atoms with E-state index in [0.29, 0.717) is 32.1 Å². The van der Waals surface area contributed by atoms with E-state index in [1.165, 1.54) is 12.5 Å². The highest BCUT2D eigenvalue weighted by Crippen LogP contribution is 2.39. The lowest BCUT2D eigenvalue weighted by molar-refractivity contribution is -0.114. The molecule has 1 aliphatic heterocycles. The van der Waals surface area contributed by atoms with Crippen LogP contribution in [0.3, 0.4) is 0 Å². The number of carbonyl (C=O) groups excluding carboxylic acids is 1. The van der Waals surface area contributed by atoms with Crippen molar-refractivity contribution in [1.82, 2.24) is 14.5 Å². The third-order valence-electron chi connectivity index (χ3n) is 7.78. The molecule has 3 aromatic heterocycles. The Kier molecular flexibility index (Phi) is 7.27. The Morgan fingerprint density at radius 3 is 2.73 bits per heavy atom. The maximum atomic E-state index is 11.7. The molecule has 2 fully saturated rings. The molecule has 1 aliphatic carbocycles. The number of fused-ring (bicyclic) bond motifs is 1. The predicted molar refractivity (Wildman–Crippen MR) is 151 cm³/mol. The highest BCUT2D eigenvalue weighted by atomic mass is 16.6. The Morgan fingerprint density at radius 2 is 2.00 bits per heavy atom.